The highest BCUT2D eigenvalue weighted by Crippen LogP contribution is 2.32. The lowest BCUT2D eigenvalue weighted by atomic mass is 10.1. The van der Waals surface area contributed by atoms with Crippen molar-refractivity contribution in [2.75, 3.05) is 13.2 Å². The van der Waals surface area contributed by atoms with E-state index in [-0.39, 0.29) is 23.4 Å². The molecule has 1 aliphatic rings. The Morgan fingerprint density at radius 2 is 2.00 bits per heavy atom. The Morgan fingerprint density at radius 3 is 2.74 bits per heavy atom. The maximum Gasteiger partial charge on any atom is 0.389 e. The van der Waals surface area contributed by atoms with Crippen molar-refractivity contribution >= 4 is 16.8 Å². The Labute approximate surface area is 194 Å². The number of nitrogens with one attached hydrogen (secondary N) is 2. The van der Waals surface area contributed by atoms with Crippen molar-refractivity contribution in [3.05, 3.63) is 52.7 Å². The van der Waals surface area contributed by atoms with Crippen LogP contribution in [0.15, 0.2) is 30.3 Å². The first kappa shape index (κ1) is 23.9. The number of fused-ring (bicyclic) bond motifs is 2. The molecule has 1 aromatic heterocycles. The highest BCUT2D eigenvalue weighted by Gasteiger charge is 2.29. The van der Waals surface area contributed by atoms with Gasteiger partial charge in [-0.1, -0.05) is 19.9 Å². The van der Waals surface area contributed by atoms with Gasteiger partial charge in [-0.3, -0.25) is 9.89 Å². The van der Waals surface area contributed by atoms with Crippen molar-refractivity contribution in [1.82, 2.24) is 20.4 Å². The van der Waals surface area contributed by atoms with Gasteiger partial charge in [0.05, 0.1) is 16.8 Å². The molecule has 0 aliphatic carbocycles. The van der Waals surface area contributed by atoms with E-state index in [0.29, 0.717) is 36.6 Å². The number of halogens is 3. The molecule has 0 saturated carbocycles. The number of amides is 1. The van der Waals surface area contributed by atoms with E-state index < -0.39 is 18.5 Å². The van der Waals surface area contributed by atoms with Crippen molar-refractivity contribution in [3.63, 3.8) is 0 Å². The number of carbonyl (C=O) groups excluding carboxylic acids is 1. The van der Waals surface area contributed by atoms with Crippen LogP contribution in [-0.2, 0) is 19.5 Å². The number of hydrogen-bond acceptors (Lipinski definition) is 5. The molecule has 0 unspecified atom stereocenters. The molecule has 0 bridgehead atoms. The number of benzene rings is 2. The lowest BCUT2D eigenvalue weighted by Gasteiger charge is -2.16. The molecule has 1 aliphatic heterocycles. The largest absolute Gasteiger partial charge is 0.507 e. The molecule has 182 valence electrons. The van der Waals surface area contributed by atoms with E-state index in [1.54, 1.807) is 4.90 Å². The minimum absolute atomic E-state index is 0.0335. The number of rotatable bonds is 8. The summed E-state index contributed by atoms with van der Waals surface area (Å²) in [5.74, 6) is 0.0684. The van der Waals surface area contributed by atoms with Crippen LogP contribution >= 0.6 is 0 Å². The Morgan fingerprint density at radius 1 is 1.24 bits per heavy atom. The summed E-state index contributed by atoms with van der Waals surface area (Å²) in [5.41, 5.74) is 2.56. The molecular formula is C24H27F3N4O3. The highest BCUT2D eigenvalue weighted by atomic mass is 19.4. The molecule has 10 heteroatoms. The number of hydrogen-bond donors (Lipinski definition) is 3. The topological polar surface area (TPSA) is 90.5 Å². The van der Waals surface area contributed by atoms with Gasteiger partial charge < -0.3 is 20.1 Å². The third kappa shape index (κ3) is 5.44. The fraction of sp³-hybridized carbons (Fsp3) is 0.417. The Kier molecular flexibility index (Phi) is 6.70. The van der Waals surface area contributed by atoms with Crippen LogP contribution in [0, 0.1) is 0 Å². The number of aromatic hydroxyl groups is 1. The molecule has 0 radical (unpaired) electrons. The van der Waals surface area contributed by atoms with Crippen molar-refractivity contribution in [3.8, 4) is 11.5 Å². The first-order chi connectivity index (χ1) is 16.1. The molecule has 1 amide bonds. The second-order valence-electron chi connectivity index (χ2n) is 8.75. The van der Waals surface area contributed by atoms with Gasteiger partial charge >= 0.3 is 6.18 Å². The second-order valence-corrected chi connectivity index (χ2v) is 8.75. The molecule has 7 nitrogen and oxygen atoms in total. The summed E-state index contributed by atoms with van der Waals surface area (Å²) < 4.78 is 43.7. The summed E-state index contributed by atoms with van der Waals surface area (Å²) in [6.07, 6.45) is -5.64. The monoisotopic (exact) mass is 476 g/mol. The quantitative estimate of drug-likeness (QED) is 0.422. The van der Waals surface area contributed by atoms with Gasteiger partial charge in [0.1, 0.15) is 18.1 Å². The lowest BCUT2D eigenvalue weighted by molar-refractivity contribution is -0.134. The zero-order valence-corrected chi connectivity index (χ0v) is 19.0. The maximum absolute atomic E-state index is 13.2. The number of alkyl halides is 3. The van der Waals surface area contributed by atoms with E-state index in [0.717, 1.165) is 23.4 Å². The van der Waals surface area contributed by atoms with Crippen LogP contribution in [0.2, 0.25) is 0 Å². The average molecular weight is 476 g/mol. The van der Waals surface area contributed by atoms with E-state index in [1.165, 1.54) is 12.1 Å². The zero-order valence-electron chi connectivity index (χ0n) is 19.0. The van der Waals surface area contributed by atoms with Crippen LogP contribution in [0.5, 0.6) is 11.5 Å². The molecule has 4 rings (SSSR count). The Balaban J connectivity index is 1.47. The summed E-state index contributed by atoms with van der Waals surface area (Å²) in [7, 11) is 0. The van der Waals surface area contributed by atoms with Crippen LogP contribution in [0.25, 0.3) is 10.9 Å². The predicted octanol–water partition coefficient (Wildman–Crippen LogP) is 4.30. The molecule has 0 atom stereocenters. The maximum atomic E-state index is 13.2. The molecule has 3 aromatic rings. The first-order valence-corrected chi connectivity index (χ1v) is 11.1. The number of phenolic OH excluding ortho intramolecular Hbond substituents is 1. The predicted molar refractivity (Wildman–Crippen MR) is 121 cm³/mol. The van der Waals surface area contributed by atoms with Crippen LogP contribution in [0.4, 0.5) is 13.2 Å². The zero-order chi connectivity index (χ0) is 24.5. The summed E-state index contributed by atoms with van der Waals surface area (Å²) in [5, 5.41) is 20.7. The van der Waals surface area contributed by atoms with Crippen LogP contribution in [0.3, 0.4) is 0 Å². The fourth-order valence-electron chi connectivity index (χ4n) is 4.02. The number of H-pyrrole nitrogens is 1. The van der Waals surface area contributed by atoms with Crippen LogP contribution < -0.4 is 10.1 Å². The number of aryl methyl sites for hydroxylation is 1. The van der Waals surface area contributed by atoms with E-state index in [2.05, 4.69) is 29.4 Å². The lowest BCUT2D eigenvalue weighted by Crippen LogP contribution is -2.27. The van der Waals surface area contributed by atoms with Gasteiger partial charge in [-0.15, -0.1) is 0 Å². The van der Waals surface area contributed by atoms with Gasteiger partial charge in [0, 0.05) is 50.0 Å². The normalized spacial score (nSPS) is 13.6. The van der Waals surface area contributed by atoms with Gasteiger partial charge in [0.2, 0.25) is 0 Å². The van der Waals surface area contributed by atoms with Crippen molar-refractivity contribution < 1.29 is 27.8 Å². The molecule has 34 heavy (non-hydrogen) atoms. The van der Waals surface area contributed by atoms with Crippen molar-refractivity contribution in [2.45, 2.75) is 52.0 Å². The minimum Gasteiger partial charge on any atom is -0.507 e. The minimum atomic E-state index is -4.31. The van der Waals surface area contributed by atoms with E-state index in [4.69, 9.17) is 4.74 Å². The number of aromatic amines is 1. The molecule has 0 spiro atoms. The summed E-state index contributed by atoms with van der Waals surface area (Å²) in [6, 6.07) is 8.81. The van der Waals surface area contributed by atoms with Crippen LogP contribution in [0.1, 0.15) is 47.4 Å². The summed E-state index contributed by atoms with van der Waals surface area (Å²) in [4.78, 5) is 14.8. The summed E-state index contributed by atoms with van der Waals surface area (Å²) >= 11 is 0. The molecule has 2 heterocycles. The van der Waals surface area contributed by atoms with Gasteiger partial charge in [-0.05, 0) is 29.3 Å². The van der Waals surface area contributed by atoms with Gasteiger partial charge in [-0.25, -0.2) is 0 Å². The molecule has 0 saturated heterocycles. The third-order valence-corrected chi connectivity index (χ3v) is 5.74. The van der Waals surface area contributed by atoms with Gasteiger partial charge in [-0.2, -0.15) is 18.3 Å². The smallest absolute Gasteiger partial charge is 0.389 e. The molecular weight excluding hydrogens is 449 g/mol. The average Bonchev–Trinajstić information content (AvgIpc) is 3.36. The second kappa shape index (κ2) is 9.54. The SMILES string of the molecule is CC(C)NCCOc1ccc2c(c1)CN(C(=O)c1cc3c(CCC(F)(F)F)n[nH]c3cc1O)C2. The van der Waals surface area contributed by atoms with Gasteiger partial charge in [0.25, 0.3) is 5.91 Å². The van der Waals surface area contributed by atoms with Crippen LogP contribution in [-0.4, -0.2) is 51.5 Å². The van der Waals surface area contributed by atoms with Crippen molar-refractivity contribution in [1.29, 1.82) is 0 Å². The Hall–Kier alpha value is -3.27. The number of carbonyl (C=O) groups is 1. The Bertz CT molecular complexity index is 1190. The number of nitrogens with zero attached hydrogens (tertiary/aromatic N) is 2. The van der Waals surface area contributed by atoms with Crippen molar-refractivity contribution in [2.24, 2.45) is 0 Å². The van der Waals surface area contributed by atoms with Gasteiger partial charge in [0.15, 0.2) is 0 Å². The molecule has 2 aromatic carbocycles. The standard InChI is InChI=1S/C24H27F3N4O3/c1-14(2)28-7-8-34-17-4-3-15-12-31(13-16(15)9-17)23(33)19-10-18-20(5-6-24(25,26)27)29-30-21(18)11-22(19)32/h3-4,9-11,14,28,32H,5-8,12-13H2,1-2H3,(H,29,30). The first-order valence-electron chi connectivity index (χ1n) is 11.1. The molecule has 0 fully saturated rings. The fourth-order valence-corrected chi connectivity index (χ4v) is 4.02. The third-order valence-electron chi connectivity index (χ3n) is 5.74. The number of phenols is 1. The summed E-state index contributed by atoms with van der Waals surface area (Å²) in [6.45, 7) is 6.08. The van der Waals surface area contributed by atoms with E-state index in [1.807, 2.05) is 18.2 Å². The molecule has 3 N–H and O–H groups in total. The van der Waals surface area contributed by atoms with E-state index >= 15 is 0 Å². The highest BCUT2D eigenvalue weighted by molar-refractivity contribution is 6.01. The number of aromatic nitrogens is 2. The number of ether oxygens (including phenoxy) is 1. The van der Waals surface area contributed by atoms with E-state index in [9.17, 15) is 23.1 Å².